The van der Waals surface area contributed by atoms with Crippen LogP contribution in [0.25, 0.3) is 0 Å². The highest BCUT2D eigenvalue weighted by atomic mass is 19.1. The Morgan fingerprint density at radius 3 is 2.46 bits per heavy atom. The molecule has 0 saturated carbocycles. The highest BCUT2D eigenvalue weighted by molar-refractivity contribution is 4.85. The van der Waals surface area contributed by atoms with Crippen molar-refractivity contribution in [1.29, 1.82) is 0 Å². The van der Waals surface area contributed by atoms with Crippen LogP contribution in [0, 0.1) is 5.92 Å². The number of unbranched alkanes of at least 4 members (excludes halogenated alkanes) is 1. The number of hydrogen-bond donors (Lipinski definition) is 0. The first-order valence-electron chi connectivity index (χ1n) is 5.37. The largest absolute Gasteiger partial charge is 0.244 e. The topological polar surface area (TPSA) is 0 Å². The zero-order valence-electron chi connectivity index (χ0n) is 9.28. The summed E-state index contributed by atoms with van der Waals surface area (Å²) in [7, 11) is 0. The lowest BCUT2D eigenvalue weighted by Crippen LogP contribution is -2.20. The molecule has 1 heteroatoms. The van der Waals surface area contributed by atoms with Gasteiger partial charge in [0.15, 0.2) is 0 Å². The van der Waals surface area contributed by atoms with Crippen LogP contribution >= 0.6 is 0 Å². The average Bonchev–Trinajstić information content (AvgIpc) is 2.12. The number of hydrogen-bond acceptors (Lipinski definition) is 0. The molecule has 0 nitrogen and oxygen atoms in total. The van der Waals surface area contributed by atoms with Crippen LogP contribution in [0.5, 0.6) is 0 Å². The van der Waals surface area contributed by atoms with E-state index in [0.717, 1.165) is 6.42 Å². The normalized spacial score (nSPS) is 17.8. The molecule has 0 aliphatic heterocycles. The predicted octanol–water partition coefficient (Wildman–Crippen LogP) is 4.51. The summed E-state index contributed by atoms with van der Waals surface area (Å²) in [5.41, 5.74) is -1.01. The summed E-state index contributed by atoms with van der Waals surface area (Å²) in [6.45, 7) is 9.52. The van der Waals surface area contributed by atoms with Crippen molar-refractivity contribution in [2.24, 2.45) is 5.92 Å². The maximum Gasteiger partial charge on any atom is 0.108 e. The van der Waals surface area contributed by atoms with Gasteiger partial charge in [-0.1, -0.05) is 32.8 Å². The van der Waals surface area contributed by atoms with Gasteiger partial charge in [-0.2, -0.15) is 0 Å². The van der Waals surface area contributed by atoms with Gasteiger partial charge in [-0.05, 0) is 32.1 Å². The van der Waals surface area contributed by atoms with Gasteiger partial charge in [-0.3, -0.25) is 0 Å². The number of alkyl halides is 1. The summed E-state index contributed by atoms with van der Waals surface area (Å²) in [5, 5.41) is 0. The molecule has 0 aliphatic rings. The molecule has 2 atom stereocenters. The van der Waals surface area contributed by atoms with Gasteiger partial charge in [0.05, 0.1) is 0 Å². The quantitative estimate of drug-likeness (QED) is 0.513. The third kappa shape index (κ3) is 5.84. The molecule has 0 fully saturated rings. The third-order valence-electron chi connectivity index (χ3n) is 2.69. The van der Waals surface area contributed by atoms with E-state index in [1.165, 1.54) is 12.8 Å². The maximum absolute atomic E-state index is 13.6. The van der Waals surface area contributed by atoms with E-state index in [1.54, 1.807) is 6.92 Å². The summed E-state index contributed by atoms with van der Waals surface area (Å²) >= 11 is 0. The van der Waals surface area contributed by atoms with Crippen LogP contribution in [0.2, 0.25) is 0 Å². The van der Waals surface area contributed by atoms with Crippen LogP contribution < -0.4 is 0 Å². The van der Waals surface area contributed by atoms with Crippen LogP contribution in [0.15, 0.2) is 12.7 Å². The molecule has 0 amide bonds. The Morgan fingerprint density at radius 2 is 2.08 bits per heavy atom. The molecular weight excluding hydrogens is 163 g/mol. The second kappa shape index (κ2) is 6.17. The molecule has 0 N–H and O–H groups in total. The van der Waals surface area contributed by atoms with Gasteiger partial charge in [0.2, 0.25) is 0 Å². The lowest BCUT2D eigenvalue weighted by atomic mass is 9.88. The van der Waals surface area contributed by atoms with E-state index >= 15 is 0 Å². The van der Waals surface area contributed by atoms with Gasteiger partial charge in [-0.15, -0.1) is 6.58 Å². The Labute approximate surface area is 82.2 Å². The Hall–Kier alpha value is -0.330. The number of rotatable bonds is 7. The van der Waals surface area contributed by atoms with Gasteiger partial charge in [-0.25, -0.2) is 4.39 Å². The van der Waals surface area contributed by atoms with Gasteiger partial charge < -0.3 is 0 Å². The summed E-state index contributed by atoms with van der Waals surface area (Å²) in [5.74, 6) is 0.356. The molecule has 0 aromatic heterocycles. The highest BCUT2D eigenvalue weighted by Gasteiger charge is 2.23. The fourth-order valence-corrected chi connectivity index (χ4v) is 1.46. The molecule has 0 rings (SSSR count). The fraction of sp³-hybridized carbons (Fsp3) is 0.833. The smallest absolute Gasteiger partial charge is 0.108 e. The molecule has 0 spiro atoms. The second-order valence-electron chi connectivity index (χ2n) is 4.11. The van der Waals surface area contributed by atoms with Crippen LogP contribution in [-0.2, 0) is 0 Å². The van der Waals surface area contributed by atoms with E-state index < -0.39 is 5.67 Å². The first kappa shape index (κ1) is 12.7. The minimum Gasteiger partial charge on any atom is -0.244 e. The zero-order valence-corrected chi connectivity index (χ0v) is 9.28. The molecule has 0 heterocycles. The van der Waals surface area contributed by atoms with E-state index in [0.29, 0.717) is 18.8 Å². The first-order valence-corrected chi connectivity index (χ1v) is 5.37. The summed E-state index contributed by atoms with van der Waals surface area (Å²) < 4.78 is 13.6. The van der Waals surface area contributed by atoms with Gasteiger partial charge >= 0.3 is 0 Å². The molecule has 13 heavy (non-hydrogen) atoms. The SMILES string of the molecule is C=C[C@H](CCCC)CC(C)(F)CC. The highest BCUT2D eigenvalue weighted by Crippen LogP contribution is 2.27. The monoisotopic (exact) mass is 186 g/mol. The van der Waals surface area contributed by atoms with E-state index in [2.05, 4.69) is 13.5 Å². The predicted molar refractivity (Wildman–Crippen MR) is 57.6 cm³/mol. The molecule has 0 aromatic rings. The number of halogens is 1. The summed E-state index contributed by atoms with van der Waals surface area (Å²) in [4.78, 5) is 0. The average molecular weight is 186 g/mol. The van der Waals surface area contributed by atoms with Gasteiger partial charge in [0, 0.05) is 0 Å². The van der Waals surface area contributed by atoms with E-state index in [-0.39, 0.29) is 0 Å². The van der Waals surface area contributed by atoms with Gasteiger partial charge in [0.25, 0.3) is 0 Å². The van der Waals surface area contributed by atoms with Gasteiger partial charge in [0.1, 0.15) is 5.67 Å². The van der Waals surface area contributed by atoms with Crippen molar-refractivity contribution in [3.8, 4) is 0 Å². The zero-order chi connectivity index (χ0) is 10.3. The van der Waals surface area contributed by atoms with Crippen molar-refractivity contribution in [3.63, 3.8) is 0 Å². The Morgan fingerprint density at radius 1 is 1.46 bits per heavy atom. The molecular formula is C12H23F. The minimum absolute atomic E-state index is 0.356. The van der Waals surface area contributed by atoms with Crippen molar-refractivity contribution < 1.29 is 4.39 Å². The first-order chi connectivity index (χ1) is 6.05. The van der Waals surface area contributed by atoms with Crippen LogP contribution in [0.3, 0.4) is 0 Å². The summed E-state index contributed by atoms with van der Waals surface area (Å²) in [6, 6.07) is 0. The lowest BCUT2D eigenvalue weighted by Gasteiger charge is -2.23. The van der Waals surface area contributed by atoms with Crippen molar-refractivity contribution in [2.45, 2.75) is 58.5 Å². The van der Waals surface area contributed by atoms with Crippen molar-refractivity contribution >= 4 is 0 Å². The molecule has 0 radical (unpaired) electrons. The molecule has 0 aromatic carbocycles. The Bertz CT molecular complexity index is 138. The Kier molecular flexibility index (Phi) is 6.02. The molecule has 1 unspecified atom stereocenters. The van der Waals surface area contributed by atoms with Crippen molar-refractivity contribution in [1.82, 2.24) is 0 Å². The standard InChI is InChI=1S/C12H23F/c1-5-8-9-11(6-2)10-12(4,13)7-3/h6,11H,2,5,7-10H2,1,3-4H3/t11-,12?/m1/s1. The molecule has 0 aliphatic carbocycles. The van der Waals surface area contributed by atoms with Crippen molar-refractivity contribution in [2.75, 3.05) is 0 Å². The van der Waals surface area contributed by atoms with Crippen LogP contribution in [-0.4, -0.2) is 5.67 Å². The fourth-order valence-electron chi connectivity index (χ4n) is 1.46. The Balaban J connectivity index is 3.89. The van der Waals surface area contributed by atoms with Crippen molar-refractivity contribution in [3.05, 3.63) is 12.7 Å². The second-order valence-corrected chi connectivity index (χ2v) is 4.11. The molecule has 0 bridgehead atoms. The number of allylic oxidation sites excluding steroid dienone is 1. The molecule has 0 saturated heterocycles. The maximum atomic E-state index is 13.6. The molecule has 78 valence electrons. The van der Waals surface area contributed by atoms with Crippen LogP contribution in [0.4, 0.5) is 4.39 Å². The third-order valence-corrected chi connectivity index (χ3v) is 2.69. The van der Waals surface area contributed by atoms with E-state index in [4.69, 9.17) is 0 Å². The minimum atomic E-state index is -1.01. The van der Waals surface area contributed by atoms with E-state index in [9.17, 15) is 4.39 Å². The van der Waals surface area contributed by atoms with E-state index in [1.807, 2.05) is 13.0 Å². The van der Waals surface area contributed by atoms with Crippen LogP contribution in [0.1, 0.15) is 52.9 Å². The summed E-state index contributed by atoms with van der Waals surface area (Å²) in [6.07, 6.45) is 6.58. The lowest BCUT2D eigenvalue weighted by molar-refractivity contribution is 0.147.